The van der Waals surface area contributed by atoms with Crippen LogP contribution in [0.2, 0.25) is 0 Å². The van der Waals surface area contributed by atoms with Gasteiger partial charge in [-0.25, -0.2) is 9.59 Å². The van der Waals surface area contributed by atoms with E-state index >= 15 is 0 Å². The molecule has 0 spiro atoms. The Labute approximate surface area is 316 Å². The Hall–Kier alpha value is -7.13. The third-order valence-corrected chi connectivity index (χ3v) is 7.62. The van der Waals surface area contributed by atoms with Gasteiger partial charge in [-0.1, -0.05) is 7.43 Å². The van der Waals surface area contributed by atoms with Crippen LogP contribution in [0, 0.1) is 59.2 Å². The number of alkyl halides is 1. The standard InChI is InChI=1S/C19H15N5O2.C12H9ClN2.C7H7N3O2.CH4/c1-3-26-19(25)16-11-24(23-17(16)8-21)10-13-5-14-4-12(2)9-22-18(14)15(6-13)7-20;1-8-2-10-3-9(5-13)4-11(6-14)12(10)15-7-8;1-2-12-7(11)5-4-9-10-6(5)3-8;/h4-6,9,11H,3,10H2,1-2H3;2-4,7H,5H2,1H3;4H,2H2,1H3,(H,9,10);1H4. The second-order valence-corrected chi connectivity index (χ2v) is 11.5. The maximum atomic E-state index is 11.9. The van der Waals surface area contributed by atoms with Crippen molar-refractivity contribution < 1.29 is 19.1 Å². The van der Waals surface area contributed by atoms with E-state index in [1.54, 1.807) is 44.4 Å². The number of nitrogens with zero attached hydrogens (tertiary/aromatic N) is 9. The first-order valence-electron chi connectivity index (χ1n) is 16.0. The summed E-state index contributed by atoms with van der Waals surface area (Å²) < 4.78 is 11.1. The average molecular weight is 743 g/mol. The van der Waals surface area contributed by atoms with E-state index in [2.05, 4.69) is 42.1 Å². The molecule has 0 saturated heterocycles. The van der Waals surface area contributed by atoms with Crippen LogP contribution < -0.4 is 0 Å². The summed E-state index contributed by atoms with van der Waals surface area (Å²) in [6, 6.07) is 19.4. The summed E-state index contributed by atoms with van der Waals surface area (Å²) in [5.74, 6) is -0.687. The van der Waals surface area contributed by atoms with Crippen LogP contribution >= 0.6 is 11.6 Å². The van der Waals surface area contributed by atoms with E-state index < -0.39 is 11.9 Å². The molecule has 0 radical (unpaired) electrons. The molecule has 4 aromatic heterocycles. The molecular weight excluding hydrogens is 708 g/mol. The largest absolute Gasteiger partial charge is 0.462 e. The first kappa shape index (κ1) is 41.3. The summed E-state index contributed by atoms with van der Waals surface area (Å²) in [5, 5.41) is 48.0. The number of fused-ring (bicyclic) bond motifs is 2. The van der Waals surface area contributed by atoms with E-state index in [4.69, 9.17) is 26.9 Å². The molecule has 1 N–H and O–H groups in total. The summed E-state index contributed by atoms with van der Waals surface area (Å²) in [6.07, 6.45) is 6.25. The third kappa shape index (κ3) is 10.0. The Morgan fingerprint density at radius 1 is 0.759 bits per heavy atom. The second kappa shape index (κ2) is 19.5. The van der Waals surface area contributed by atoms with Crippen LogP contribution in [-0.4, -0.2) is 55.1 Å². The SMILES string of the molecule is C.CCOC(=O)c1cn(Cc2cc(C#N)c3ncc(C)cc3c2)nc1C#N.CCOC(=O)c1cn[nH]c1C#N.Cc1cnc2c(C#N)cc(CCl)cc2c1. The number of carbonyl (C=O) groups is 2. The van der Waals surface area contributed by atoms with Crippen LogP contribution in [-0.2, 0) is 21.9 Å². The molecule has 0 saturated carbocycles. The molecule has 4 heterocycles. The Balaban J connectivity index is 0.000000237. The highest BCUT2D eigenvalue weighted by Gasteiger charge is 2.18. The fourth-order valence-corrected chi connectivity index (χ4v) is 5.20. The van der Waals surface area contributed by atoms with Crippen molar-refractivity contribution in [2.45, 2.75) is 47.5 Å². The molecule has 2 aromatic carbocycles. The van der Waals surface area contributed by atoms with Crippen LogP contribution in [0.4, 0.5) is 0 Å². The highest BCUT2D eigenvalue weighted by molar-refractivity contribution is 6.17. The molecule has 0 aliphatic heterocycles. The molecule has 6 rings (SSSR count). The molecule has 0 aliphatic rings. The monoisotopic (exact) mass is 742 g/mol. The molecule has 0 aliphatic carbocycles. The number of benzene rings is 2. The van der Waals surface area contributed by atoms with Crippen molar-refractivity contribution in [3.8, 4) is 24.3 Å². The molecule has 0 unspecified atom stereocenters. The lowest BCUT2D eigenvalue weighted by atomic mass is 10.0. The molecule has 54 heavy (non-hydrogen) atoms. The molecule has 0 bridgehead atoms. The molecule has 0 atom stereocenters. The van der Waals surface area contributed by atoms with Crippen LogP contribution in [0.15, 0.2) is 61.2 Å². The number of ether oxygens (including phenoxy) is 2. The number of nitrogens with one attached hydrogen (secondary N) is 1. The fraction of sp³-hybridized carbons (Fsp3) is 0.231. The molecule has 0 fully saturated rings. The lowest BCUT2D eigenvalue weighted by Gasteiger charge is -2.06. The van der Waals surface area contributed by atoms with Gasteiger partial charge in [0, 0.05) is 35.2 Å². The number of esters is 2. The first-order valence-corrected chi connectivity index (χ1v) is 16.5. The van der Waals surface area contributed by atoms with E-state index in [9.17, 15) is 20.1 Å². The van der Waals surface area contributed by atoms with Gasteiger partial charge in [-0.15, -0.1) is 11.6 Å². The smallest absolute Gasteiger partial charge is 0.342 e. The predicted molar refractivity (Wildman–Crippen MR) is 200 cm³/mol. The average Bonchev–Trinajstić information content (AvgIpc) is 3.82. The van der Waals surface area contributed by atoms with Crippen LogP contribution in [0.1, 0.15) is 86.8 Å². The Bertz CT molecular complexity index is 2480. The Kier molecular flexibility index (Phi) is 14.9. The molecule has 272 valence electrons. The van der Waals surface area contributed by atoms with Gasteiger partial charge in [0.1, 0.15) is 41.1 Å². The fourth-order valence-electron chi connectivity index (χ4n) is 5.05. The number of rotatable bonds is 7. The van der Waals surface area contributed by atoms with Crippen molar-refractivity contribution in [1.82, 2.24) is 29.9 Å². The molecule has 15 heteroatoms. The van der Waals surface area contributed by atoms with Gasteiger partial charge in [0.2, 0.25) is 0 Å². The summed E-state index contributed by atoms with van der Waals surface area (Å²) in [7, 11) is 0. The number of carbonyl (C=O) groups excluding carboxylic acids is 2. The van der Waals surface area contributed by atoms with Gasteiger partial charge in [-0.3, -0.25) is 19.7 Å². The molecular formula is C39H35ClN10O4. The number of aryl methyl sites for hydroxylation is 2. The van der Waals surface area contributed by atoms with Gasteiger partial charge in [-0.2, -0.15) is 31.2 Å². The minimum Gasteiger partial charge on any atom is -0.462 e. The highest BCUT2D eigenvalue weighted by atomic mass is 35.5. The van der Waals surface area contributed by atoms with Crippen molar-refractivity contribution in [2.75, 3.05) is 13.2 Å². The van der Waals surface area contributed by atoms with Gasteiger partial charge in [0.25, 0.3) is 0 Å². The van der Waals surface area contributed by atoms with Crippen molar-refractivity contribution in [3.63, 3.8) is 0 Å². The summed E-state index contributed by atoms with van der Waals surface area (Å²) in [4.78, 5) is 31.6. The van der Waals surface area contributed by atoms with Crippen LogP contribution in [0.5, 0.6) is 0 Å². The number of aromatic amines is 1. The Morgan fingerprint density at radius 2 is 1.30 bits per heavy atom. The van der Waals surface area contributed by atoms with E-state index in [1.165, 1.54) is 17.1 Å². The van der Waals surface area contributed by atoms with Crippen molar-refractivity contribution in [3.05, 3.63) is 117 Å². The van der Waals surface area contributed by atoms with E-state index in [-0.39, 0.29) is 43.2 Å². The van der Waals surface area contributed by atoms with Crippen molar-refractivity contribution >= 4 is 45.3 Å². The zero-order chi connectivity index (χ0) is 38.5. The molecule has 0 amide bonds. The number of hydrogen-bond donors (Lipinski definition) is 1. The van der Waals surface area contributed by atoms with Gasteiger partial charge in [-0.05, 0) is 86.3 Å². The maximum absolute atomic E-state index is 11.9. The lowest BCUT2D eigenvalue weighted by molar-refractivity contribution is 0.0516. The van der Waals surface area contributed by atoms with Crippen LogP contribution in [0.3, 0.4) is 0 Å². The number of halogens is 1. The van der Waals surface area contributed by atoms with Gasteiger partial charge >= 0.3 is 11.9 Å². The van der Waals surface area contributed by atoms with Gasteiger partial charge in [0.05, 0.1) is 48.1 Å². The minimum absolute atomic E-state index is 0. The minimum atomic E-state index is -0.577. The van der Waals surface area contributed by atoms with E-state index in [0.29, 0.717) is 29.1 Å². The maximum Gasteiger partial charge on any atom is 0.342 e. The number of pyridine rings is 2. The Morgan fingerprint density at radius 3 is 1.80 bits per heavy atom. The van der Waals surface area contributed by atoms with E-state index in [1.807, 2.05) is 44.2 Å². The topological polar surface area (TPSA) is 220 Å². The summed E-state index contributed by atoms with van der Waals surface area (Å²) >= 11 is 5.77. The number of aromatic nitrogens is 6. The van der Waals surface area contributed by atoms with Gasteiger partial charge < -0.3 is 9.47 Å². The zero-order valence-corrected chi connectivity index (χ0v) is 29.9. The van der Waals surface area contributed by atoms with E-state index in [0.717, 1.165) is 38.5 Å². The molecule has 6 aromatic rings. The quantitative estimate of drug-likeness (QED) is 0.130. The second-order valence-electron chi connectivity index (χ2n) is 11.2. The number of H-pyrrole nitrogens is 1. The predicted octanol–water partition coefficient (Wildman–Crippen LogP) is 6.96. The van der Waals surface area contributed by atoms with Gasteiger partial charge in [0.15, 0.2) is 5.69 Å². The number of hydrogen-bond acceptors (Lipinski definition) is 12. The third-order valence-electron chi connectivity index (χ3n) is 7.31. The lowest BCUT2D eigenvalue weighted by Crippen LogP contribution is -2.05. The summed E-state index contributed by atoms with van der Waals surface area (Å²) in [6.45, 7) is 8.13. The molecule has 14 nitrogen and oxygen atoms in total. The van der Waals surface area contributed by atoms with Crippen molar-refractivity contribution in [1.29, 1.82) is 21.0 Å². The summed E-state index contributed by atoms with van der Waals surface area (Å²) in [5.41, 5.74) is 6.76. The first-order chi connectivity index (χ1) is 25.6. The highest BCUT2D eigenvalue weighted by Crippen LogP contribution is 2.22. The van der Waals surface area contributed by atoms with Crippen LogP contribution in [0.25, 0.3) is 21.8 Å². The van der Waals surface area contributed by atoms with Crippen molar-refractivity contribution in [2.24, 2.45) is 0 Å². The number of nitriles is 4. The normalized spacial score (nSPS) is 9.80. The zero-order valence-electron chi connectivity index (χ0n) is 29.1.